The first-order valence-corrected chi connectivity index (χ1v) is 7.30. The summed E-state index contributed by atoms with van der Waals surface area (Å²) in [5, 5.41) is 5.69. The Morgan fingerprint density at radius 3 is 2.87 bits per heavy atom. The largest absolute Gasteiger partial charge is 0.497 e. The maximum absolute atomic E-state index is 12.1. The van der Waals surface area contributed by atoms with Crippen LogP contribution in [0.1, 0.15) is 17.4 Å². The minimum absolute atomic E-state index is 0.280. The maximum atomic E-state index is 12.1. The zero-order valence-corrected chi connectivity index (χ0v) is 13.6. The lowest BCUT2D eigenvalue weighted by atomic mass is 10.1. The molecule has 23 heavy (non-hydrogen) atoms. The maximum Gasteiger partial charge on any atom is 0.315 e. The summed E-state index contributed by atoms with van der Waals surface area (Å²) in [7, 11) is 5.09. The number of rotatable bonds is 7. The van der Waals surface area contributed by atoms with Gasteiger partial charge in [0.25, 0.3) is 0 Å². The van der Waals surface area contributed by atoms with Crippen molar-refractivity contribution in [1.82, 2.24) is 20.2 Å². The van der Waals surface area contributed by atoms with Crippen LogP contribution < -0.4 is 15.4 Å². The van der Waals surface area contributed by atoms with Gasteiger partial charge in [-0.3, -0.25) is 0 Å². The number of hydrogen-bond acceptors (Lipinski definition) is 4. The molecule has 0 radical (unpaired) electrons. The Morgan fingerprint density at radius 2 is 2.22 bits per heavy atom. The van der Waals surface area contributed by atoms with Gasteiger partial charge in [-0.05, 0) is 17.7 Å². The zero-order chi connectivity index (χ0) is 16.7. The van der Waals surface area contributed by atoms with E-state index < -0.39 is 0 Å². The lowest BCUT2D eigenvalue weighted by molar-refractivity contribution is 0.195. The van der Waals surface area contributed by atoms with Crippen molar-refractivity contribution in [3.05, 3.63) is 48.0 Å². The fourth-order valence-electron chi connectivity index (χ4n) is 2.22. The summed E-state index contributed by atoms with van der Waals surface area (Å²) in [4.78, 5) is 16.5. The Morgan fingerprint density at radius 1 is 1.39 bits per heavy atom. The lowest BCUT2D eigenvalue weighted by Gasteiger charge is -2.20. The summed E-state index contributed by atoms with van der Waals surface area (Å²) < 4.78 is 12.1. The second kappa shape index (κ2) is 8.19. The van der Waals surface area contributed by atoms with Crippen LogP contribution in [0.15, 0.2) is 36.7 Å². The standard InChI is InChI=1S/C16H22N4O3/c1-20-9-7-17-15(20)14(19-16(21)18-8-10-22-2)12-5-4-6-13(11-12)23-3/h4-7,9,11,14H,8,10H2,1-3H3,(H2,18,19,21). The van der Waals surface area contributed by atoms with E-state index >= 15 is 0 Å². The zero-order valence-electron chi connectivity index (χ0n) is 13.6. The third-order valence-electron chi connectivity index (χ3n) is 3.41. The molecule has 0 spiro atoms. The predicted molar refractivity (Wildman–Crippen MR) is 86.5 cm³/mol. The number of nitrogens with one attached hydrogen (secondary N) is 2. The molecule has 2 rings (SSSR count). The normalized spacial score (nSPS) is 11.8. The Labute approximate surface area is 135 Å². The number of amides is 2. The second-order valence-corrected chi connectivity index (χ2v) is 5.00. The molecule has 0 bridgehead atoms. The molecule has 1 unspecified atom stereocenters. The van der Waals surface area contributed by atoms with Crippen LogP contribution in [0.5, 0.6) is 5.75 Å². The quantitative estimate of drug-likeness (QED) is 0.758. The summed E-state index contributed by atoms with van der Waals surface area (Å²) in [6.45, 7) is 0.896. The summed E-state index contributed by atoms with van der Waals surface area (Å²) in [5.41, 5.74) is 0.889. The highest BCUT2D eigenvalue weighted by molar-refractivity contribution is 5.74. The molecule has 2 N–H and O–H groups in total. The van der Waals surface area contributed by atoms with Gasteiger partial charge >= 0.3 is 6.03 Å². The molecule has 0 aliphatic rings. The molecule has 124 valence electrons. The SMILES string of the molecule is COCCNC(=O)NC(c1cccc(OC)c1)c1nccn1C. The summed E-state index contributed by atoms with van der Waals surface area (Å²) in [5.74, 6) is 1.46. The first-order valence-electron chi connectivity index (χ1n) is 7.30. The van der Waals surface area contributed by atoms with Crippen molar-refractivity contribution in [3.8, 4) is 5.75 Å². The van der Waals surface area contributed by atoms with Crippen LogP contribution in [-0.2, 0) is 11.8 Å². The number of nitrogens with zero attached hydrogens (tertiary/aromatic N) is 2. The first-order chi connectivity index (χ1) is 11.2. The molecular formula is C16H22N4O3. The molecule has 1 heterocycles. The van der Waals surface area contributed by atoms with E-state index in [1.54, 1.807) is 20.4 Å². The van der Waals surface area contributed by atoms with Crippen molar-refractivity contribution in [1.29, 1.82) is 0 Å². The molecule has 0 aliphatic carbocycles. The highest BCUT2D eigenvalue weighted by atomic mass is 16.5. The predicted octanol–water partition coefficient (Wildman–Crippen LogP) is 1.46. The summed E-state index contributed by atoms with van der Waals surface area (Å²) in [6.07, 6.45) is 3.54. The van der Waals surface area contributed by atoms with Crippen LogP contribution in [0.3, 0.4) is 0 Å². The van der Waals surface area contributed by atoms with Gasteiger partial charge in [0.1, 0.15) is 17.6 Å². The molecule has 0 saturated heterocycles. The minimum atomic E-state index is -0.382. The van der Waals surface area contributed by atoms with E-state index in [0.717, 1.165) is 17.1 Å². The van der Waals surface area contributed by atoms with E-state index in [0.29, 0.717) is 13.2 Å². The smallest absolute Gasteiger partial charge is 0.315 e. The highest BCUT2D eigenvalue weighted by Gasteiger charge is 2.21. The van der Waals surface area contributed by atoms with Crippen molar-refractivity contribution in [2.75, 3.05) is 27.4 Å². The van der Waals surface area contributed by atoms with Crippen LogP contribution in [0, 0.1) is 0 Å². The first kappa shape index (κ1) is 16.8. The molecule has 1 atom stereocenters. The number of methoxy groups -OCH3 is 2. The topological polar surface area (TPSA) is 77.4 Å². The number of urea groups is 1. The Kier molecular flexibility index (Phi) is 5.99. The van der Waals surface area contributed by atoms with Crippen LogP contribution in [0.25, 0.3) is 0 Å². The molecular weight excluding hydrogens is 296 g/mol. The summed E-state index contributed by atoms with van der Waals surface area (Å²) in [6, 6.07) is 6.89. The number of aryl methyl sites for hydroxylation is 1. The van der Waals surface area contributed by atoms with Crippen molar-refractivity contribution in [3.63, 3.8) is 0 Å². The van der Waals surface area contributed by atoms with Gasteiger partial charge in [-0.1, -0.05) is 12.1 Å². The molecule has 0 saturated carbocycles. The van der Waals surface area contributed by atoms with Gasteiger partial charge in [0, 0.05) is 33.1 Å². The number of benzene rings is 1. The third kappa shape index (κ3) is 4.46. The monoisotopic (exact) mass is 318 g/mol. The number of carbonyl (C=O) groups excluding carboxylic acids is 1. The molecule has 2 amide bonds. The van der Waals surface area contributed by atoms with Crippen LogP contribution >= 0.6 is 0 Å². The number of imidazole rings is 1. The van der Waals surface area contributed by atoms with Crippen LogP contribution in [0.4, 0.5) is 4.79 Å². The Balaban J connectivity index is 2.22. The van der Waals surface area contributed by atoms with E-state index in [4.69, 9.17) is 9.47 Å². The number of hydrogen-bond donors (Lipinski definition) is 2. The van der Waals surface area contributed by atoms with Gasteiger partial charge in [-0.2, -0.15) is 0 Å². The van der Waals surface area contributed by atoms with Crippen molar-refractivity contribution < 1.29 is 14.3 Å². The van der Waals surface area contributed by atoms with Crippen LogP contribution in [0.2, 0.25) is 0 Å². The van der Waals surface area contributed by atoms with Gasteiger partial charge in [0.05, 0.1) is 13.7 Å². The number of carbonyl (C=O) groups is 1. The van der Waals surface area contributed by atoms with Crippen molar-refractivity contribution in [2.24, 2.45) is 7.05 Å². The Hall–Kier alpha value is -2.54. The van der Waals surface area contributed by atoms with Crippen LogP contribution in [-0.4, -0.2) is 43.0 Å². The molecule has 1 aromatic carbocycles. The van der Waals surface area contributed by atoms with E-state index in [1.165, 1.54) is 0 Å². The molecule has 2 aromatic rings. The third-order valence-corrected chi connectivity index (χ3v) is 3.41. The van der Waals surface area contributed by atoms with Gasteiger partial charge in [-0.15, -0.1) is 0 Å². The lowest BCUT2D eigenvalue weighted by Crippen LogP contribution is -2.40. The van der Waals surface area contributed by atoms with Gasteiger partial charge < -0.3 is 24.7 Å². The molecule has 0 fully saturated rings. The summed E-state index contributed by atoms with van der Waals surface area (Å²) >= 11 is 0. The molecule has 7 nitrogen and oxygen atoms in total. The minimum Gasteiger partial charge on any atom is -0.497 e. The van der Waals surface area contributed by atoms with Gasteiger partial charge in [0.2, 0.25) is 0 Å². The fraction of sp³-hybridized carbons (Fsp3) is 0.375. The molecule has 7 heteroatoms. The highest BCUT2D eigenvalue weighted by Crippen LogP contribution is 2.24. The van der Waals surface area contributed by atoms with E-state index in [1.807, 2.05) is 42.1 Å². The number of ether oxygens (including phenoxy) is 2. The van der Waals surface area contributed by atoms with Gasteiger partial charge in [-0.25, -0.2) is 9.78 Å². The van der Waals surface area contributed by atoms with Crippen molar-refractivity contribution in [2.45, 2.75) is 6.04 Å². The number of aromatic nitrogens is 2. The molecule has 0 aliphatic heterocycles. The average molecular weight is 318 g/mol. The van der Waals surface area contributed by atoms with E-state index in [-0.39, 0.29) is 12.1 Å². The Bertz CT molecular complexity index is 642. The average Bonchev–Trinajstić information content (AvgIpc) is 2.99. The fourth-order valence-corrected chi connectivity index (χ4v) is 2.22. The molecule has 1 aromatic heterocycles. The van der Waals surface area contributed by atoms with E-state index in [9.17, 15) is 4.79 Å². The second-order valence-electron chi connectivity index (χ2n) is 5.00. The van der Waals surface area contributed by atoms with E-state index in [2.05, 4.69) is 15.6 Å². The van der Waals surface area contributed by atoms with Gasteiger partial charge in [0.15, 0.2) is 0 Å². The van der Waals surface area contributed by atoms with Crippen molar-refractivity contribution >= 4 is 6.03 Å².